The molecule has 0 aliphatic carbocycles. The molecule has 1 atom stereocenters. The van der Waals surface area contributed by atoms with Crippen LogP contribution in [0, 0.1) is 5.82 Å². The third-order valence-corrected chi connectivity index (χ3v) is 7.99. The molecule has 1 saturated heterocycles. The zero-order valence-corrected chi connectivity index (χ0v) is 19.4. The smallest absolute Gasteiger partial charge is 0.251 e. The van der Waals surface area contributed by atoms with Crippen LogP contribution >= 0.6 is 10.6 Å². The molecule has 6 nitrogen and oxygen atoms in total. The largest absolute Gasteiger partial charge is 0.496 e. The van der Waals surface area contributed by atoms with Crippen LogP contribution in [0.5, 0.6) is 5.75 Å². The number of aromatic nitrogens is 1. The minimum absolute atomic E-state index is 0.185. The van der Waals surface area contributed by atoms with Gasteiger partial charge >= 0.3 is 0 Å². The number of fused-ring (bicyclic) bond motifs is 1. The minimum atomic E-state index is -2.60. The van der Waals surface area contributed by atoms with Gasteiger partial charge in [0.2, 0.25) is 0 Å². The van der Waals surface area contributed by atoms with E-state index in [0.717, 1.165) is 33.5 Å². The summed E-state index contributed by atoms with van der Waals surface area (Å²) < 4.78 is 40.8. The fourth-order valence-electron chi connectivity index (χ4n) is 4.47. The average molecular weight is 481 g/mol. The summed E-state index contributed by atoms with van der Waals surface area (Å²) in [5.41, 5.74) is 3.84. The van der Waals surface area contributed by atoms with E-state index in [1.54, 1.807) is 31.4 Å². The van der Waals surface area contributed by atoms with Gasteiger partial charge in [-0.2, -0.15) is 10.6 Å². The van der Waals surface area contributed by atoms with Crippen molar-refractivity contribution in [3.05, 3.63) is 84.3 Å². The summed E-state index contributed by atoms with van der Waals surface area (Å²) in [6, 6.07) is 19.1. The van der Waals surface area contributed by atoms with Crippen molar-refractivity contribution in [2.45, 2.75) is 12.5 Å². The Morgan fingerprint density at radius 3 is 2.56 bits per heavy atom. The fraction of sp³-hybridized carbons (Fsp3) is 0.192. The summed E-state index contributed by atoms with van der Waals surface area (Å²) in [6.45, 7) is 0. The maximum absolute atomic E-state index is 13.6. The van der Waals surface area contributed by atoms with Crippen LogP contribution in [0.15, 0.2) is 72.9 Å². The van der Waals surface area contributed by atoms with Gasteiger partial charge in [0.05, 0.1) is 18.4 Å². The van der Waals surface area contributed by atoms with Gasteiger partial charge in [-0.1, -0.05) is 24.3 Å². The molecule has 1 unspecified atom stereocenters. The zero-order valence-electron chi connectivity index (χ0n) is 18.6. The normalized spacial score (nSPS) is 18.1. The minimum Gasteiger partial charge on any atom is -0.496 e. The highest BCUT2D eigenvalue weighted by Crippen LogP contribution is 2.45. The Morgan fingerprint density at radius 2 is 1.85 bits per heavy atom. The Balaban J connectivity index is 1.60. The number of rotatable bonds is 5. The monoisotopic (exact) mass is 480 g/mol. The van der Waals surface area contributed by atoms with Gasteiger partial charge in [0.15, 0.2) is 0 Å². The van der Waals surface area contributed by atoms with Crippen molar-refractivity contribution < 1.29 is 23.0 Å². The van der Waals surface area contributed by atoms with Crippen molar-refractivity contribution in [3.63, 3.8) is 0 Å². The van der Waals surface area contributed by atoms with Crippen LogP contribution in [-0.4, -0.2) is 44.2 Å². The number of para-hydroxylation sites is 1. The lowest BCUT2D eigenvalue weighted by atomic mass is 10.0. The van der Waals surface area contributed by atoms with E-state index in [2.05, 4.69) is 5.32 Å². The molecule has 8 heteroatoms. The molecule has 1 aromatic heterocycles. The lowest BCUT2D eigenvalue weighted by molar-refractivity contribution is 0.0941. The molecule has 4 aromatic rings. The SMILES string of the molecule is COc1ccccc1-c1cn(-c2ccc(F)cc2)c2cc(C(=O)NC3CCS(O)(O)C3)ccc12. The Kier molecular flexibility index (Phi) is 5.81. The Hall–Kier alpha value is -3.33. The summed E-state index contributed by atoms with van der Waals surface area (Å²) >= 11 is 0. The van der Waals surface area contributed by atoms with Crippen molar-refractivity contribution in [3.8, 4) is 22.6 Å². The molecule has 0 spiro atoms. The second-order valence-corrected chi connectivity index (χ2v) is 10.8. The van der Waals surface area contributed by atoms with Gasteiger partial charge in [-0.15, -0.1) is 0 Å². The van der Waals surface area contributed by atoms with Crippen LogP contribution in [0.3, 0.4) is 0 Å². The van der Waals surface area contributed by atoms with E-state index < -0.39 is 10.6 Å². The lowest BCUT2D eigenvalue weighted by Crippen LogP contribution is -2.35. The summed E-state index contributed by atoms with van der Waals surface area (Å²) in [4.78, 5) is 13.0. The molecule has 1 aliphatic heterocycles. The predicted octanol–water partition coefficient (Wildman–Crippen LogP) is 5.70. The standard InChI is InChI=1S/C26H25FN2O4S/c1-33-25-5-3-2-4-22(25)23-15-29(20-9-7-18(27)8-10-20)24-14-17(6-11-21(23)24)26(30)28-19-12-13-34(31,32)16-19/h2-11,14-15,19,31-32H,12-13,16H2,1H3,(H,28,30). The summed E-state index contributed by atoms with van der Waals surface area (Å²) in [7, 11) is -0.976. The van der Waals surface area contributed by atoms with Crippen molar-refractivity contribution in [1.29, 1.82) is 0 Å². The van der Waals surface area contributed by atoms with Crippen LogP contribution in [-0.2, 0) is 0 Å². The van der Waals surface area contributed by atoms with Crippen LogP contribution in [0.1, 0.15) is 16.8 Å². The molecule has 1 amide bonds. The van der Waals surface area contributed by atoms with E-state index in [4.69, 9.17) is 4.74 Å². The van der Waals surface area contributed by atoms with Gasteiger partial charge in [0.1, 0.15) is 11.6 Å². The number of carbonyl (C=O) groups excluding carboxylic acids is 1. The third kappa shape index (κ3) is 4.27. The molecule has 0 radical (unpaired) electrons. The fourth-order valence-corrected chi connectivity index (χ4v) is 6.19. The van der Waals surface area contributed by atoms with Gasteiger partial charge in [-0.25, -0.2) is 4.39 Å². The number of nitrogens with one attached hydrogen (secondary N) is 1. The second kappa shape index (κ2) is 8.79. The molecule has 3 aromatic carbocycles. The summed E-state index contributed by atoms with van der Waals surface area (Å²) in [6.07, 6.45) is 2.50. The van der Waals surface area contributed by atoms with E-state index in [1.165, 1.54) is 12.1 Å². The van der Waals surface area contributed by atoms with Crippen LogP contribution in [0.2, 0.25) is 0 Å². The average Bonchev–Trinajstić information content (AvgIpc) is 3.38. The highest BCUT2D eigenvalue weighted by molar-refractivity contribution is 8.24. The molecule has 3 N–H and O–H groups in total. The van der Waals surface area contributed by atoms with Gasteiger partial charge in [-0.3, -0.25) is 13.9 Å². The maximum atomic E-state index is 13.6. The van der Waals surface area contributed by atoms with Gasteiger partial charge < -0.3 is 14.6 Å². The Labute approximate surface area is 198 Å². The van der Waals surface area contributed by atoms with Crippen LogP contribution < -0.4 is 10.1 Å². The first-order chi connectivity index (χ1) is 16.3. The van der Waals surface area contributed by atoms with Crippen molar-refractivity contribution >= 4 is 27.4 Å². The number of hydrogen-bond donors (Lipinski definition) is 3. The van der Waals surface area contributed by atoms with Crippen LogP contribution in [0.4, 0.5) is 4.39 Å². The number of halogens is 1. The lowest BCUT2D eigenvalue weighted by Gasteiger charge is -2.26. The second-order valence-electron chi connectivity index (χ2n) is 8.45. The zero-order chi connectivity index (χ0) is 23.9. The molecule has 34 heavy (non-hydrogen) atoms. The highest BCUT2D eigenvalue weighted by Gasteiger charge is 2.29. The van der Waals surface area contributed by atoms with E-state index in [9.17, 15) is 18.3 Å². The first-order valence-corrected chi connectivity index (χ1v) is 12.8. The van der Waals surface area contributed by atoms with Crippen molar-refractivity contribution in [2.24, 2.45) is 0 Å². The number of ether oxygens (including phenoxy) is 1. The molecule has 1 aliphatic rings. The summed E-state index contributed by atoms with van der Waals surface area (Å²) in [5, 5.41) is 3.84. The molecule has 2 heterocycles. The third-order valence-electron chi connectivity index (χ3n) is 6.17. The topological polar surface area (TPSA) is 83.7 Å². The maximum Gasteiger partial charge on any atom is 0.251 e. The number of hydrogen-bond acceptors (Lipinski definition) is 4. The van der Waals surface area contributed by atoms with E-state index in [0.29, 0.717) is 17.7 Å². The molecular formula is C26H25FN2O4S. The highest BCUT2D eigenvalue weighted by atomic mass is 32.3. The number of nitrogens with zero attached hydrogens (tertiary/aromatic N) is 1. The Morgan fingerprint density at radius 1 is 1.09 bits per heavy atom. The first kappa shape index (κ1) is 22.5. The molecule has 0 saturated carbocycles. The molecular weight excluding hydrogens is 455 g/mol. The van der Waals surface area contributed by atoms with Crippen molar-refractivity contribution in [2.75, 3.05) is 18.6 Å². The van der Waals surface area contributed by atoms with E-state index >= 15 is 0 Å². The molecule has 1 fully saturated rings. The quantitative estimate of drug-likeness (QED) is 0.342. The van der Waals surface area contributed by atoms with E-state index in [-0.39, 0.29) is 23.5 Å². The number of carbonyl (C=O) groups is 1. The van der Waals surface area contributed by atoms with Gasteiger partial charge in [0.25, 0.3) is 5.91 Å². The van der Waals surface area contributed by atoms with Gasteiger partial charge in [0, 0.05) is 45.8 Å². The first-order valence-electron chi connectivity index (χ1n) is 10.9. The number of amides is 1. The molecule has 176 valence electrons. The molecule has 5 rings (SSSR count). The van der Waals surface area contributed by atoms with Crippen LogP contribution in [0.25, 0.3) is 27.7 Å². The van der Waals surface area contributed by atoms with Gasteiger partial charge in [-0.05, 0) is 48.9 Å². The number of benzene rings is 3. The summed E-state index contributed by atoms with van der Waals surface area (Å²) in [5.74, 6) is 0.627. The molecule has 0 bridgehead atoms. The number of methoxy groups -OCH3 is 1. The van der Waals surface area contributed by atoms with Crippen molar-refractivity contribution in [1.82, 2.24) is 9.88 Å². The predicted molar refractivity (Wildman–Crippen MR) is 134 cm³/mol. The van der Waals surface area contributed by atoms with E-state index in [1.807, 2.05) is 41.1 Å². The Bertz CT molecular complexity index is 1370.